The second kappa shape index (κ2) is 4.70. The minimum atomic E-state index is -0.563. The highest BCUT2D eigenvalue weighted by Gasteiger charge is 2.15. The number of nitrogens with one attached hydrogen (secondary N) is 1. The van der Waals surface area contributed by atoms with Crippen LogP contribution in [0.5, 0.6) is 0 Å². The summed E-state index contributed by atoms with van der Waals surface area (Å²) in [7, 11) is 0. The quantitative estimate of drug-likeness (QED) is 0.856. The van der Waals surface area contributed by atoms with Crippen LogP contribution in [0.4, 0.5) is 0 Å². The van der Waals surface area contributed by atoms with E-state index in [2.05, 4.69) is 9.97 Å². The third-order valence-electron chi connectivity index (χ3n) is 2.68. The van der Waals surface area contributed by atoms with Gasteiger partial charge in [-0.2, -0.15) is 0 Å². The summed E-state index contributed by atoms with van der Waals surface area (Å²) in [4.78, 5) is 31.6. The van der Waals surface area contributed by atoms with Crippen LogP contribution in [-0.4, -0.2) is 14.5 Å². The number of nitrogens with zero attached hydrogens (tertiary/aromatic N) is 2. The zero-order valence-electron chi connectivity index (χ0n) is 10.2. The predicted octanol–water partition coefficient (Wildman–Crippen LogP) is 1.81. The fourth-order valence-electron chi connectivity index (χ4n) is 1.61. The van der Waals surface area contributed by atoms with Gasteiger partial charge in [-0.3, -0.25) is 9.78 Å². The number of aromatic amines is 1. The van der Waals surface area contributed by atoms with Crippen LogP contribution in [0.15, 0.2) is 9.59 Å². The van der Waals surface area contributed by atoms with Crippen LogP contribution in [0.25, 0.3) is 5.13 Å². The normalized spacial score (nSPS) is 10.9. The molecule has 0 aliphatic heterocycles. The van der Waals surface area contributed by atoms with Gasteiger partial charge < -0.3 is 0 Å². The highest BCUT2D eigenvalue weighted by molar-refractivity contribution is 7.14. The highest BCUT2D eigenvalue weighted by atomic mass is 35.5. The first-order chi connectivity index (χ1) is 8.45. The van der Waals surface area contributed by atoms with Crippen molar-refractivity contribution in [3.05, 3.63) is 42.1 Å². The van der Waals surface area contributed by atoms with Crippen molar-refractivity contribution in [1.29, 1.82) is 0 Å². The Morgan fingerprint density at radius 1 is 1.39 bits per heavy atom. The van der Waals surface area contributed by atoms with E-state index in [9.17, 15) is 9.59 Å². The van der Waals surface area contributed by atoms with Crippen LogP contribution >= 0.6 is 22.9 Å². The molecule has 0 aromatic carbocycles. The summed E-state index contributed by atoms with van der Waals surface area (Å²) >= 11 is 7.08. The maximum Gasteiger partial charge on any atom is 0.336 e. The van der Waals surface area contributed by atoms with Gasteiger partial charge in [-0.15, -0.1) is 11.3 Å². The lowest BCUT2D eigenvalue weighted by Crippen LogP contribution is -2.35. The molecule has 0 bridgehead atoms. The topological polar surface area (TPSA) is 67.8 Å². The largest absolute Gasteiger partial charge is 0.336 e. The Labute approximate surface area is 112 Å². The smallest absolute Gasteiger partial charge is 0.297 e. The summed E-state index contributed by atoms with van der Waals surface area (Å²) in [5.74, 6) is 0. The van der Waals surface area contributed by atoms with Gasteiger partial charge in [0.15, 0.2) is 0 Å². The molecule has 5 nitrogen and oxygen atoms in total. The third kappa shape index (κ3) is 2.02. The second-order valence-electron chi connectivity index (χ2n) is 3.86. The molecule has 0 radical (unpaired) electrons. The molecule has 0 saturated heterocycles. The van der Waals surface area contributed by atoms with E-state index in [-0.39, 0.29) is 5.15 Å². The van der Waals surface area contributed by atoms with E-state index in [0.29, 0.717) is 10.7 Å². The number of rotatable bonds is 2. The zero-order chi connectivity index (χ0) is 13.4. The van der Waals surface area contributed by atoms with E-state index in [0.717, 1.165) is 21.6 Å². The Morgan fingerprint density at radius 3 is 2.61 bits per heavy atom. The first-order valence-electron chi connectivity index (χ1n) is 5.43. The first kappa shape index (κ1) is 13.0. The van der Waals surface area contributed by atoms with Crippen molar-refractivity contribution in [2.24, 2.45) is 0 Å². The van der Waals surface area contributed by atoms with Gasteiger partial charge in [0.1, 0.15) is 5.15 Å². The molecule has 18 heavy (non-hydrogen) atoms. The summed E-state index contributed by atoms with van der Waals surface area (Å²) in [6, 6.07) is 0. The van der Waals surface area contributed by atoms with Gasteiger partial charge in [-0.1, -0.05) is 18.5 Å². The van der Waals surface area contributed by atoms with E-state index in [1.807, 2.05) is 13.8 Å². The van der Waals surface area contributed by atoms with Crippen LogP contribution in [0.2, 0.25) is 5.15 Å². The first-order valence-corrected chi connectivity index (χ1v) is 6.63. The Hall–Kier alpha value is -1.40. The molecule has 0 saturated carbocycles. The molecule has 0 fully saturated rings. The monoisotopic (exact) mass is 285 g/mol. The summed E-state index contributed by atoms with van der Waals surface area (Å²) in [6.45, 7) is 5.46. The highest BCUT2D eigenvalue weighted by Crippen LogP contribution is 2.19. The van der Waals surface area contributed by atoms with Crippen molar-refractivity contribution in [3.63, 3.8) is 0 Å². The molecule has 2 heterocycles. The molecule has 0 atom stereocenters. The number of hydrogen-bond donors (Lipinski definition) is 1. The van der Waals surface area contributed by atoms with Gasteiger partial charge in [0, 0.05) is 4.88 Å². The number of H-pyrrole nitrogens is 1. The van der Waals surface area contributed by atoms with Crippen LogP contribution in [-0.2, 0) is 6.42 Å². The molecule has 0 amide bonds. The molecule has 7 heteroatoms. The molecular weight excluding hydrogens is 274 g/mol. The molecule has 1 N–H and O–H groups in total. The molecule has 2 aromatic heterocycles. The fraction of sp³-hybridized carbons (Fsp3) is 0.364. The van der Waals surface area contributed by atoms with Crippen LogP contribution in [0.3, 0.4) is 0 Å². The number of thiazole rings is 1. The average Bonchev–Trinajstić information content (AvgIpc) is 2.67. The van der Waals surface area contributed by atoms with Gasteiger partial charge in [-0.05, 0) is 20.3 Å². The summed E-state index contributed by atoms with van der Waals surface area (Å²) in [6.07, 6.45) is 0.765. The number of aromatic nitrogens is 3. The molecule has 96 valence electrons. The Morgan fingerprint density at radius 2 is 2.06 bits per heavy atom. The van der Waals surface area contributed by atoms with E-state index in [1.54, 1.807) is 6.92 Å². The molecule has 2 rings (SSSR count). The molecule has 0 spiro atoms. The molecule has 0 aliphatic rings. The number of aryl methyl sites for hydroxylation is 2. The molecule has 0 aliphatic carbocycles. The van der Waals surface area contributed by atoms with Gasteiger partial charge in [0.2, 0.25) is 5.13 Å². The van der Waals surface area contributed by atoms with Crippen LogP contribution in [0, 0.1) is 13.8 Å². The van der Waals surface area contributed by atoms with E-state index < -0.39 is 11.2 Å². The minimum absolute atomic E-state index is 0.0743. The molecular formula is C11H12ClN3O2S. The Kier molecular flexibility index (Phi) is 3.41. The average molecular weight is 286 g/mol. The van der Waals surface area contributed by atoms with Crippen molar-refractivity contribution < 1.29 is 0 Å². The van der Waals surface area contributed by atoms with Gasteiger partial charge >= 0.3 is 5.69 Å². The van der Waals surface area contributed by atoms with Crippen LogP contribution < -0.4 is 11.2 Å². The third-order valence-corrected chi connectivity index (χ3v) is 4.06. The van der Waals surface area contributed by atoms with Gasteiger partial charge in [0.25, 0.3) is 5.56 Å². The molecule has 0 unspecified atom stereocenters. The number of hydrogen-bond acceptors (Lipinski definition) is 4. The van der Waals surface area contributed by atoms with Crippen molar-refractivity contribution in [3.8, 4) is 5.13 Å². The second-order valence-corrected chi connectivity index (χ2v) is 5.42. The predicted molar refractivity (Wildman–Crippen MR) is 72.2 cm³/mol. The SMILES string of the molecule is CCc1nc(-n2c(=O)[nH]c(Cl)c(C)c2=O)sc1C. The lowest BCUT2D eigenvalue weighted by Gasteiger charge is -2.02. The lowest BCUT2D eigenvalue weighted by atomic mass is 10.3. The standard InChI is InChI=1S/C11H12ClN3O2S/c1-4-7-6(3)18-11(13-7)15-9(16)5(2)8(12)14-10(15)17/h4H2,1-3H3,(H,14,17). The Balaban J connectivity index is 2.75. The van der Waals surface area contributed by atoms with E-state index in [1.165, 1.54) is 11.3 Å². The summed E-state index contributed by atoms with van der Waals surface area (Å²) in [5, 5.41) is 0.459. The zero-order valence-corrected chi connectivity index (χ0v) is 11.8. The van der Waals surface area contributed by atoms with Crippen LogP contribution in [0.1, 0.15) is 23.1 Å². The maximum atomic E-state index is 12.0. The van der Waals surface area contributed by atoms with E-state index >= 15 is 0 Å². The maximum absolute atomic E-state index is 12.0. The van der Waals surface area contributed by atoms with Gasteiger partial charge in [-0.25, -0.2) is 14.3 Å². The van der Waals surface area contributed by atoms with Crippen molar-refractivity contribution >= 4 is 22.9 Å². The summed E-state index contributed by atoms with van der Waals surface area (Å²) < 4.78 is 1.03. The van der Waals surface area contributed by atoms with Gasteiger partial charge in [0.05, 0.1) is 11.3 Å². The van der Waals surface area contributed by atoms with Crippen molar-refractivity contribution in [2.75, 3.05) is 0 Å². The summed E-state index contributed by atoms with van der Waals surface area (Å²) in [5.41, 5.74) is 0.211. The van der Waals surface area contributed by atoms with Crippen molar-refractivity contribution in [1.82, 2.24) is 14.5 Å². The Bertz CT molecular complexity index is 714. The molecule has 2 aromatic rings. The van der Waals surface area contributed by atoms with Crippen molar-refractivity contribution in [2.45, 2.75) is 27.2 Å². The minimum Gasteiger partial charge on any atom is -0.297 e. The fourth-order valence-corrected chi connectivity index (χ4v) is 2.76. The van der Waals surface area contributed by atoms with E-state index in [4.69, 9.17) is 11.6 Å². The number of halogens is 1. The lowest BCUT2D eigenvalue weighted by molar-refractivity contribution is 0.843.